The highest BCUT2D eigenvalue weighted by atomic mass is 16.1. The van der Waals surface area contributed by atoms with E-state index in [-0.39, 0.29) is 11.8 Å². The summed E-state index contributed by atoms with van der Waals surface area (Å²) in [6.07, 6.45) is 9.79. The van der Waals surface area contributed by atoms with Gasteiger partial charge >= 0.3 is 0 Å². The lowest BCUT2D eigenvalue weighted by atomic mass is 9.97. The van der Waals surface area contributed by atoms with Crippen molar-refractivity contribution in [3.05, 3.63) is 24.3 Å². The Kier molecular flexibility index (Phi) is 7.61. The number of hydrogen-bond donors (Lipinski definition) is 1. The van der Waals surface area contributed by atoms with Crippen molar-refractivity contribution in [3.8, 4) is 0 Å². The summed E-state index contributed by atoms with van der Waals surface area (Å²) in [5, 5.41) is 0. The number of nitrogens with two attached hydrogens (primary N) is 1. The van der Waals surface area contributed by atoms with Gasteiger partial charge in [0, 0.05) is 0 Å². The molecule has 92 valence electrons. The van der Waals surface area contributed by atoms with Gasteiger partial charge in [-0.1, -0.05) is 52.0 Å². The number of allylic oxidation sites excluding steroid dienone is 3. The SMILES string of the molecule is CC(C)/C=C/C=C/C(CCC(C)C)C(N)=O. The molecule has 0 saturated carbocycles. The predicted molar refractivity (Wildman–Crippen MR) is 69.9 cm³/mol. The average molecular weight is 223 g/mol. The van der Waals surface area contributed by atoms with Gasteiger partial charge in [0.2, 0.25) is 5.91 Å². The molecule has 16 heavy (non-hydrogen) atoms. The largest absolute Gasteiger partial charge is 0.369 e. The van der Waals surface area contributed by atoms with E-state index in [0.717, 1.165) is 12.8 Å². The third-order valence-corrected chi connectivity index (χ3v) is 2.37. The lowest BCUT2D eigenvalue weighted by molar-refractivity contribution is -0.120. The first-order chi connectivity index (χ1) is 7.43. The lowest BCUT2D eigenvalue weighted by Gasteiger charge is -2.09. The van der Waals surface area contributed by atoms with E-state index in [2.05, 4.69) is 33.8 Å². The molecular weight excluding hydrogens is 198 g/mol. The zero-order valence-electron chi connectivity index (χ0n) is 10.9. The van der Waals surface area contributed by atoms with Crippen LogP contribution in [-0.4, -0.2) is 5.91 Å². The van der Waals surface area contributed by atoms with Gasteiger partial charge in [-0.05, 0) is 24.7 Å². The van der Waals surface area contributed by atoms with E-state index in [1.54, 1.807) is 0 Å². The molecule has 0 aromatic carbocycles. The van der Waals surface area contributed by atoms with Crippen LogP contribution in [0.15, 0.2) is 24.3 Å². The number of primary amides is 1. The molecule has 0 aliphatic carbocycles. The molecule has 1 unspecified atom stereocenters. The molecule has 2 N–H and O–H groups in total. The second kappa shape index (κ2) is 8.14. The molecular formula is C14H25NO. The van der Waals surface area contributed by atoms with Gasteiger partial charge in [0.1, 0.15) is 0 Å². The fraction of sp³-hybridized carbons (Fsp3) is 0.643. The maximum Gasteiger partial charge on any atom is 0.224 e. The number of hydrogen-bond acceptors (Lipinski definition) is 1. The second-order valence-electron chi connectivity index (χ2n) is 4.99. The fourth-order valence-corrected chi connectivity index (χ4v) is 1.33. The molecule has 0 heterocycles. The molecule has 2 nitrogen and oxygen atoms in total. The standard InChI is InChI=1S/C14H25NO/c1-11(2)7-5-6-8-13(14(15)16)10-9-12(3)4/h5-8,11-13H,9-10H2,1-4H3,(H2,15,16)/b7-5+,8-6+. The molecule has 1 atom stereocenters. The fourth-order valence-electron chi connectivity index (χ4n) is 1.33. The first kappa shape index (κ1) is 14.9. The molecule has 0 aromatic rings. The van der Waals surface area contributed by atoms with Gasteiger partial charge in [-0.2, -0.15) is 0 Å². The van der Waals surface area contributed by atoms with E-state index in [1.165, 1.54) is 0 Å². The van der Waals surface area contributed by atoms with Gasteiger partial charge in [0.05, 0.1) is 5.92 Å². The summed E-state index contributed by atoms with van der Waals surface area (Å²) < 4.78 is 0. The summed E-state index contributed by atoms with van der Waals surface area (Å²) >= 11 is 0. The summed E-state index contributed by atoms with van der Waals surface area (Å²) in [6, 6.07) is 0. The monoisotopic (exact) mass is 223 g/mol. The Morgan fingerprint density at radius 3 is 2.06 bits per heavy atom. The van der Waals surface area contributed by atoms with E-state index < -0.39 is 0 Å². The molecule has 0 radical (unpaired) electrons. The Hall–Kier alpha value is -1.05. The number of carbonyl (C=O) groups excluding carboxylic acids is 1. The third-order valence-electron chi connectivity index (χ3n) is 2.37. The highest BCUT2D eigenvalue weighted by molar-refractivity contribution is 5.78. The molecule has 0 bridgehead atoms. The number of carbonyl (C=O) groups is 1. The Bertz CT molecular complexity index is 251. The maximum absolute atomic E-state index is 11.2. The normalized spacial score (nSPS) is 14.4. The van der Waals surface area contributed by atoms with Gasteiger partial charge in [-0.15, -0.1) is 0 Å². The first-order valence-electron chi connectivity index (χ1n) is 6.07. The molecule has 0 aliphatic rings. The van der Waals surface area contributed by atoms with Crippen molar-refractivity contribution in [2.75, 3.05) is 0 Å². The predicted octanol–water partition coefficient (Wildman–Crippen LogP) is 3.29. The minimum Gasteiger partial charge on any atom is -0.369 e. The summed E-state index contributed by atoms with van der Waals surface area (Å²) in [5.74, 6) is 0.794. The van der Waals surface area contributed by atoms with Crippen molar-refractivity contribution < 1.29 is 4.79 Å². The number of rotatable bonds is 7. The van der Waals surface area contributed by atoms with E-state index in [4.69, 9.17) is 5.73 Å². The maximum atomic E-state index is 11.2. The van der Waals surface area contributed by atoms with Crippen molar-refractivity contribution in [1.29, 1.82) is 0 Å². The van der Waals surface area contributed by atoms with Crippen LogP contribution < -0.4 is 5.73 Å². The zero-order valence-corrected chi connectivity index (χ0v) is 10.9. The van der Waals surface area contributed by atoms with Gasteiger partial charge in [-0.25, -0.2) is 0 Å². The van der Waals surface area contributed by atoms with Crippen molar-refractivity contribution in [3.63, 3.8) is 0 Å². The van der Waals surface area contributed by atoms with Crippen LogP contribution in [0.25, 0.3) is 0 Å². The van der Waals surface area contributed by atoms with Crippen LogP contribution in [0.2, 0.25) is 0 Å². The van der Waals surface area contributed by atoms with E-state index >= 15 is 0 Å². The van der Waals surface area contributed by atoms with Crippen LogP contribution in [0.5, 0.6) is 0 Å². The molecule has 0 aliphatic heterocycles. The summed E-state index contributed by atoms with van der Waals surface area (Å²) in [6.45, 7) is 8.55. The van der Waals surface area contributed by atoms with Crippen LogP contribution >= 0.6 is 0 Å². The van der Waals surface area contributed by atoms with Crippen LogP contribution in [0.3, 0.4) is 0 Å². The van der Waals surface area contributed by atoms with Crippen molar-refractivity contribution >= 4 is 5.91 Å². The Labute approximate surface area is 99.6 Å². The quantitative estimate of drug-likeness (QED) is 0.661. The second-order valence-corrected chi connectivity index (χ2v) is 4.99. The Morgan fingerprint density at radius 1 is 1.06 bits per heavy atom. The van der Waals surface area contributed by atoms with Gasteiger partial charge in [-0.3, -0.25) is 4.79 Å². The zero-order chi connectivity index (χ0) is 12.6. The van der Waals surface area contributed by atoms with E-state index in [9.17, 15) is 4.79 Å². The molecule has 2 heteroatoms. The molecule has 0 aromatic heterocycles. The van der Waals surface area contributed by atoms with Gasteiger partial charge in [0.25, 0.3) is 0 Å². The third kappa shape index (κ3) is 8.27. The molecule has 0 fully saturated rings. The van der Waals surface area contributed by atoms with Gasteiger partial charge < -0.3 is 5.73 Å². The van der Waals surface area contributed by atoms with Crippen LogP contribution in [0.4, 0.5) is 0 Å². The topological polar surface area (TPSA) is 43.1 Å². The molecule has 0 saturated heterocycles. The van der Waals surface area contributed by atoms with E-state index in [0.29, 0.717) is 11.8 Å². The molecule has 0 rings (SSSR count). The van der Waals surface area contributed by atoms with Gasteiger partial charge in [0.15, 0.2) is 0 Å². The molecule has 1 amide bonds. The summed E-state index contributed by atoms with van der Waals surface area (Å²) in [7, 11) is 0. The Morgan fingerprint density at radius 2 is 1.62 bits per heavy atom. The minimum absolute atomic E-state index is 0.126. The summed E-state index contributed by atoms with van der Waals surface area (Å²) in [4.78, 5) is 11.2. The average Bonchev–Trinajstić information content (AvgIpc) is 2.15. The molecule has 0 spiro atoms. The highest BCUT2D eigenvalue weighted by Gasteiger charge is 2.11. The van der Waals surface area contributed by atoms with Crippen LogP contribution in [0, 0.1) is 17.8 Å². The summed E-state index contributed by atoms with van der Waals surface area (Å²) in [5.41, 5.74) is 5.35. The van der Waals surface area contributed by atoms with Crippen LogP contribution in [0.1, 0.15) is 40.5 Å². The van der Waals surface area contributed by atoms with Crippen LogP contribution in [-0.2, 0) is 4.79 Å². The van der Waals surface area contributed by atoms with Crippen molar-refractivity contribution in [2.24, 2.45) is 23.5 Å². The van der Waals surface area contributed by atoms with E-state index in [1.807, 2.05) is 18.2 Å². The smallest absolute Gasteiger partial charge is 0.224 e. The van der Waals surface area contributed by atoms with Crippen molar-refractivity contribution in [2.45, 2.75) is 40.5 Å². The lowest BCUT2D eigenvalue weighted by Crippen LogP contribution is -2.21. The van der Waals surface area contributed by atoms with Crippen molar-refractivity contribution in [1.82, 2.24) is 0 Å². The number of amides is 1. The highest BCUT2D eigenvalue weighted by Crippen LogP contribution is 2.13. The first-order valence-corrected chi connectivity index (χ1v) is 6.07. The minimum atomic E-state index is -0.227. The Balaban J connectivity index is 4.17.